The second-order valence-electron chi connectivity index (χ2n) is 8.21. The molecule has 3 aliphatic rings. The number of rotatable bonds is 4. The first-order chi connectivity index (χ1) is 15.9. The highest BCUT2D eigenvalue weighted by atomic mass is 32.2. The van der Waals surface area contributed by atoms with Crippen molar-refractivity contribution in [2.75, 3.05) is 38.5 Å². The Morgan fingerprint density at radius 2 is 1.91 bits per heavy atom. The van der Waals surface area contributed by atoms with E-state index in [-0.39, 0.29) is 17.5 Å². The first kappa shape index (κ1) is 21.5. The van der Waals surface area contributed by atoms with Gasteiger partial charge in [0, 0.05) is 44.5 Å². The third kappa shape index (κ3) is 4.46. The van der Waals surface area contributed by atoms with E-state index in [0.717, 1.165) is 11.1 Å². The second kappa shape index (κ2) is 8.56. The van der Waals surface area contributed by atoms with Gasteiger partial charge in [-0.05, 0) is 24.6 Å². The van der Waals surface area contributed by atoms with Crippen molar-refractivity contribution in [2.24, 2.45) is 4.40 Å². The number of amides is 1. The van der Waals surface area contributed by atoms with E-state index in [2.05, 4.69) is 19.4 Å². The molecule has 33 heavy (non-hydrogen) atoms. The lowest BCUT2D eigenvalue weighted by atomic mass is 10.1. The highest BCUT2D eigenvalue weighted by molar-refractivity contribution is 7.90. The Morgan fingerprint density at radius 1 is 1.12 bits per heavy atom. The van der Waals surface area contributed by atoms with E-state index in [1.807, 2.05) is 31.2 Å². The molecule has 10 nitrogen and oxygen atoms in total. The first-order valence-electron chi connectivity index (χ1n) is 10.8. The molecule has 172 valence electrons. The molecule has 11 heteroatoms. The van der Waals surface area contributed by atoms with E-state index < -0.39 is 10.0 Å². The number of hydrogen-bond donors (Lipinski definition) is 0. The van der Waals surface area contributed by atoms with Gasteiger partial charge in [-0.3, -0.25) is 9.69 Å². The molecule has 1 fully saturated rings. The number of allylic oxidation sites excluding steroid dienone is 2. The van der Waals surface area contributed by atoms with Crippen LogP contribution in [-0.2, 0) is 21.4 Å². The maximum atomic E-state index is 13.1. The van der Waals surface area contributed by atoms with Crippen molar-refractivity contribution in [3.05, 3.63) is 59.6 Å². The Labute approximate surface area is 191 Å². The van der Waals surface area contributed by atoms with Gasteiger partial charge < -0.3 is 14.3 Å². The summed E-state index contributed by atoms with van der Waals surface area (Å²) >= 11 is 0. The number of amidine groups is 1. The zero-order valence-electron chi connectivity index (χ0n) is 18.2. The third-order valence-electron chi connectivity index (χ3n) is 5.96. The Morgan fingerprint density at radius 3 is 2.70 bits per heavy atom. The van der Waals surface area contributed by atoms with Gasteiger partial charge in [0.05, 0.1) is 17.9 Å². The Hall–Kier alpha value is -3.31. The van der Waals surface area contributed by atoms with Crippen LogP contribution in [0.4, 0.5) is 0 Å². The molecule has 1 amide bonds. The Balaban J connectivity index is 1.22. The lowest BCUT2D eigenvalue weighted by Gasteiger charge is -2.36. The molecule has 3 aliphatic heterocycles. The van der Waals surface area contributed by atoms with Gasteiger partial charge in [-0.2, -0.15) is 4.98 Å². The van der Waals surface area contributed by atoms with Crippen LogP contribution in [0.15, 0.2) is 57.1 Å². The smallest absolute Gasteiger partial charge is 0.257 e. The maximum Gasteiger partial charge on any atom is 0.257 e. The van der Waals surface area contributed by atoms with E-state index in [9.17, 15) is 13.2 Å². The fourth-order valence-corrected chi connectivity index (χ4v) is 5.09. The number of fused-ring (bicyclic) bond motifs is 1. The average molecular weight is 469 g/mol. The summed E-state index contributed by atoms with van der Waals surface area (Å²) in [5.74, 6) is 1.06. The highest BCUT2D eigenvalue weighted by Crippen LogP contribution is 2.22. The number of hydrogen-bond acceptors (Lipinski definition) is 8. The van der Waals surface area contributed by atoms with Crippen LogP contribution in [0.5, 0.6) is 0 Å². The summed E-state index contributed by atoms with van der Waals surface area (Å²) in [7, 11) is -3.55. The molecule has 1 saturated heterocycles. The molecule has 0 atom stereocenters. The summed E-state index contributed by atoms with van der Waals surface area (Å²) < 4.78 is 33.2. The molecule has 1 aromatic carbocycles. The first-order valence-corrected chi connectivity index (χ1v) is 12.4. The molecule has 0 saturated carbocycles. The van der Waals surface area contributed by atoms with Crippen LogP contribution in [0.25, 0.3) is 11.4 Å². The lowest BCUT2D eigenvalue weighted by molar-refractivity contribution is -0.128. The minimum absolute atomic E-state index is 0.0534. The molecular weight excluding hydrogens is 444 g/mol. The van der Waals surface area contributed by atoms with Crippen molar-refractivity contribution in [3.8, 4) is 11.4 Å². The summed E-state index contributed by atoms with van der Waals surface area (Å²) in [5.41, 5.74) is 2.34. The third-order valence-corrected chi connectivity index (χ3v) is 7.11. The quantitative estimate of drug-likeness (QED) is 0.658. The minimum Gasteiger partial charge on any atom is -0.338 e. The second-order valence-corrected chi connectivity index (χ2v) is 9.97. The van der Waals surface area contributed by atoms with E-state index in [4.69, 9.17) is 4.52 Å². The van der Waals surface area contributed by atoms with Crippen molar-refractivity contribution in [3.63, 3.8) is 0 Å². The van der Waals surface area contributed by atoms with Crippen LogP contribution in [0, 0.1) is 6.92 Å². The zero-order valence-corrected chi connectivity index (χ0v) is 19.0. The van der Waals surface area contributed by atoms with Crippen LogP contribution in [0.3, 0.4) is 0 Å². The van der Waals surface area contributed by atoms with Crippen molar-refractivity contribution in [1.29, 1.82) is 0 Å². The van der Waals surface area contributed by atoms with Gasteiger partial charge in [0.2, 0.25) is 11.7 Å². The van der Waals surface area contributed by atoms with Crippen LogP contribution in [0.2, 0.25) is 0 Å². The standard InChI is InChI=1S/C22H24N6O4S/c1-16-5-2-3-6-17(16)20-23-19(32-24-20)15-26-9-11-28(12-10-26)22(29)18-7-4-8-27-13-14-33(30,31)25-21(18)27/h2-8H,9-15H2,1H3. The minimum atomic E-state index is -3.55. The summed E-state index contributed by atoms with van der Waals surface area (Å²) in [5, 5.41) is 4.11. The molecule has 0 radical (unpaired) electrons. The van der Waals surface area contributed by atoms with Crippen LogP contribution >= 0.6 is 0 Å². The molecule has 0 spiro atoms. The van der Waals surface area contributed by atoms with Gasteiger partial charge in [0.25, 0.3) is 15.9 Å². The molecule has 0 aliphatic carbocycles. The predicted molar refractivity (Wildman–Crippen MR) is 121 cm³/mol. The van der Waals surface area contributed by atoms with E-state index in [1.165, 1.54) is 0 Å². The number of nitrogens with zero attached hydrogens (tertiary/aromatic N) is 6. The van der Waals surface area contributed by atoms with Gasteiger partial charge in [0.15, 0.2) is 5.84 Å². The summed E-state index contributed by atoms with van der Waals surface area (Å²) in [6.45, 7) is 5.12. The summed E-state index contributed by atoms with van der Waals surface area (Å²) in [6.07, 6.45) is 5.14. The zero-order chi connectivity index (χ0) is 23.0. The van der Waals surface area contributed by atoms with Crippen molar-refractivity contribution < 1.29 is 17.7 Å². The monoisotopic (exact) mass is 468 g/mol. The number of benzene rings is 1. The van der Waals surface area contributed by atoms with Crippen LogP contribution in [0.1, 0.15) is 11.5 Å². The molecule has 0 N–H and O–H groups in total. The normalized spacial score (nSPS) is 20.3. The number of sulfonamides is 1. The van der Waals surface area contributed by atoms with Crippen LogP contribution < -0.4 is 0 Å². The molecular formula is C22H24N6O4S. The van der Waals surface area contributed by atoms with Crippen LogP contribution in [-0.4, -0.2) is 83.5 Å². The van der Waals surface area contributed by atoms with Gasteiger partial charge in [-0.15, -0.1) is 4.40 Å². The van der Waals surface area contributed by atoms with E-state index in [1.54, 1.807) is 28.2 Å². The average Bonchev–Trinajstić information content (AvgIpc) is 3.26. The van der Waals surface area contributed by atoms with Gasteiger partial charge in [-0.25, -0.2) is 8.42 Å². The fourth-order valence-electron chi connectivity index (χ4n) is 4.11. The topological polar surface area (TPSA) is 112 Å². The van der Waals surface area contributed by atoms with Gasteiger partial charge >= 0.3 is 0 Å². The molecule has 4 heterocycles. The van der Waals surface area contributed by atoms with Crippen molar-refractivity contribution in [2.45, 2.75) is 13.5 Å². The Bertz CT molecular complexity index is 1270. The van der Waals surface area contributed by atoms with Crippen molar-refractivity contribution >= 4 is 21.8 Å². The lowest BCUT2D eigenvalue weighted by Crippen LogP contribution is -2.50. The van der Waals surface area contributed by atoms with E-state index >= 15 is 0 Å². The number of carbonyl (C=O) groups excluding carboxylic acids is 1. The predicted octanol–water partition coefficient (Wildman–Crippen LogP) is 1.19. The van der Waals surface area contributed by atoms with Gasteiger partial charge in [0.1, 0.15) is 0 Å². The number of piperazine rings is 1. The number of aryl methyl sites for hydroxylation is 1. The van der Waals surface area contributed by atoms with E-state index in [0.29, 0.717) is 56.6 Å². The van der Waals surface area contributed by atoms with Gasteiger partial charge in [-0.1, -0.05) is 29.4 Å². The molecule has 1 aromatic heterocycles. The number of carbonyl (C=O) groups is 1. The molecule has 0 unspecified atom stereocenters. The highest BCUT2D eigenvalue weighted by Gasteiger charge is 2.33. The Kier molecular flexibility index (Phi) is 5.59. The number of aromatic nitrogens is 2. The SMILES string of the molecule is Cc1ccccc1-c1noc(CN2CCN(C(=O)C3=CC=CN4CCS(=O)(=O)N=C34)CC2)n1. The molecule has 5 rings (SSSR count). The maximum absolute atomic E-state index is 13.1. The molecule has 0 bridgehead atoms. The molecule has 2 aromatic rings. The fraction of sp³-hybridized carbons (Fsp3) is 0.364. The van der Waals surface area contributed by atoms with Crippen molar-refractivity contribution in [1.82, 2.24) is 24.8 Å². The largest absolute Gasteiger partial charge is 0.338 e. The summed E-state index contributed by atoms with van der Waals surface area (Å²) in [4.78, 5) is 23.3. The summed E-state index contributed by atoms with van der Waals surface area (Å²) in [6, 6.07) is 7.89.